The summed E-state index contributed by atoms with van der Waals surface area (Å²) in [4.78, 5) is 18.3. The number of benzene rings is 1. The van der Waals surface area contributed by atoms with E-state index in [4.69, 9.17) is 0 Å². The summed E-state index contributed by atoms with van der Waals surface area (Å²) < 4.78 is 0. The third kappa shape index (κ3) is 4.52. The highest BCUT2D eigenvalue weighted by Crippen LogP contribution is 2.31. The van der Waals surface area contributed by atoms with Crippen LogP contribution in [0.25, 0.3) is 0 Å². The lowest BCUT2D eigenvalue weighted by molar-refractivity contribution is 0.102. The van der Waals surface area contributed by atoms with E-state index in [1.807, 2.05) is 37.4 Å². The van der Waals surface area contributed by atoms with Crippen LogP contribution in [0.4, 0.5) is 16.6 Å². The Balaban J connectivity index is 1.42. The van der Waals surface area contributed by atoms with Crippen LogP contribution in [0.2, 0.25) is 0 Å². The van der Waals surface area contributed by atoms with E-state index in [9.17, 15) is 4.79 Å². The van der Waals surface area contributed by atoms with Gasteiger partial charge in [-0.2, -0.15) is 5.10 Å². The van der Waals surface area contributed by atoms with Gasteiger partial charge in [0.25, 0.3) is 5.91 Å². The topological polar surface area (TPSA) is 91.8 Å². The minimum Gasteiger partial charge on any atom is -0.339 e. The van der Waals surface area contributed by atoms with Crippen LogP contribution in [0, 0.1) is 6.92 Å². The predicted molar refractivity (Wildman–Crippen MR) is 111 cm³/mol. The second-order valence-electron chi connectivity index (χ2n) is 6.81. The van der Waals surface area contributed by atoms with Gasteiger partial charge >= 0.3 is 0 Å². The van der Waals surface area contributed by atoms with Crippen molar-refractivity contribution in [2.24, 2.45) is 0 Å². The quantitative estimate of drug-likeness (QED) is 0.611. The van der Waals surface area contributed by atoms with Gasteiger partial charge in [0, 0.05) is 22.3 Å². The Morgan fingerprint density at radius 1 is 1.18 bits per heavy atom. The van der Waals surface area contributed by atoms with Crippen molar-refractivity contribution < 1.29 is 4.79 Å². The summed E-state index contributed by atoms with van der Waals surface area (Å²) in [7, 11) is 0. The Hall–Kier alpha value is -2.84. The van der Waals surface area contributed by atoms with Crippen LogP contribution in [-0.2, 0) is 0 Å². The second kappa shape index (κ2) is 8.45. The molecule has 28 heavy (non-hydrogen) atoms. The van der Waals surface area contributed by atoms with Crippen molar-refractivity contribution in [1.29, 1.82) is 0 Å². The van der Waals surface area contributed by atoms with Gasteiger partial charge in [-0.15, -0.1) is 16.4 Å². The molecule has 3 aromatic rings. The molecule has 1 amide bonds. The molecule has 1 fully saturated rings. The summed E-state index contributed by atoms with van der Waals surface area (Å²) >= 11 is 1.57. The van der Waals surface area contributed by atoms with Gasteiger partial charge in [-0.3, -0.25) is 10.1 Å². The average Bonchev–Trinajstić information content (AvgIpc) is 3.19. The van der Waals surface area contributed by atoms with Crippen molar-refractivity contribution >= 4 is 33.9 Å². The number of aryl methyl sites for hydroxylation is 1. The molecule has 1 aliphatic heterocycles. The fraction of sp³-hybridized carbons (Fsp3) is 0.300. The van der Waals surface area contributed by atoms with Crippen LogP contribution in [0.5, 0.6) is 0 Å². The van der Waals surface area contributed by atoms with Crippen LogP contribution in [0.1, 0.15) is 39.7 Å². The van der Waals surface area contributed by atoms with Crippen molar-refractivity contribution in [3.63, 3.8) is 0 Å². The number of thiazole rings is 1. The molecule has 0 aliphatic carbocycles. The number of nitrogens with one attached hydrogen (secondary N) is 3. The molecule has 0 spiro atoms. The molecule has 0 radical (unpaired) electrons. The molecule has 1 saturated heterocycles. The zero-order chi connectivity index (χ0) is 19.3. The number of hydrogen-bond acceptors (Lipinski definition) is 7. The van der Waals surface area contributed by atoms with Gasteiger partial charge in [0.15, 0.2) is 10.9 Å². The molecular formula is C20H22N6OS. The van der Waals surface area contributed by atoms with Crippen molar-refractivity contribution in [3.05, 3.63) is 58.7 Å². The third-order valence-electron chi connectivity index (χ3n) is 4.68. The fourth-order valence-electron chi connectivity index (χ4n) is 3.16. The minimum atomic E-state index is -0.176. The first kappa shape index (κ1) is 18.5. The molecule has 1 aliphatic rings. The standard InChI is InChI=1S/C20H22N6OS/c1-13-5-6-18(26-25-13)23-16-4-2-3-15(11-16)19(27)24-20-22-12-17(28-20)14-7-9-21-10-8-14/h2-6,11-12,14,21H,7-10H2,1H3,(H,23,26)(H,22,24,27). The van der Waals surface area contributed by atoms with E-state index in [0.717, 1.165) is 37.3 Å². The van der Waals surface area contributed by atoms with E-state index in [0.29, 0.717) is 22.4 Å². The number of rotatable bonds is 5. The van der Waals surface area contributed by atoms with Gasteiger partial charge < -0.3 is 10.6 Å². The zero-order valence-corrected chi connectivity index (χ0v) is 16.4. The maximum absolute atomic E-state index is 12.6. The summed E-state index contributed by atoms with van der Waals surface area (Å²) in [6.07, 6.45) is 4.13. The summed E-state index contributed by atoms with van der Waals surface area (Å²) in [5, 5.41) is 18.2. The number of carbonyl (C=O) groups is 1. The van der Waals surface area contributed by atoms with E-state index in [1.165, 1.54) is 4.88 Å². The Labute approximate surface area is 167 Å². The summed E-state index contributed by atoms with van der Waals surface area (Å²) in [6.45, 7) is 3.96. The number of hydrogen-bond donors (Lipinski definition) is 3. The molecule has 144 valence electrons. The van der Waals surface area contributed by atoms with Crippen LogP contribution < -0.4 is 16.0 Å². The maximum atomic E-state index is 12.6. The van der Waals surface area contributed by atoms with E-state index >= 15 is 0 Å². The van der Waals surface area contributed by atoms with Gasteiger partial charge in [0.05, 0.1) is 5.69 Å². The van der Waals surface area contributed by atoms with Crippen molar-refractivity contribution in [2.75, 3.05) is 23.7 Å². The molecule has 3 heterocycles. The lowest BCUT2D eigenvalue weighted by Crippen LogP contribution is -2.26. The molecule has 1 aromatic carbocycles. The third-order valence-corrected chi connectivity index (χ3v) is 5.76. The molecule has 8 heteroatoms. The first-order valence-electron chi connectivity index (χ1n) is 9.32. The number of anilines is 3. The van der Waals surface area contributed by atoms with Gasteiger partial charge in [-0.1, -0.05) is 6.07 Å². The number of aromatic nitrogens is 3. The SMILES string of the molecule is Cc1ccc(Nc2cccc(C(=O)Nc3ncc(C4CCNCC4)s3)c2)nn1. The molecule has 3 N–H and O–H groups in total. The van der Waals surface area contributed by atoms with Crippen LogP contribution in [0.3, 0.4) is 0 Å². The number of carbonyl (C=O) groups excluding carboxylic acids is 1. The zero-order valence-electron chi connectivity index (χ0n) is 15.6. The summed E-state index contributed by atoms with van der Waals surface area (Å²) in [6, 6.07) is 11.0. The first-order valence-corrected chi connectivity index (χ1v) is 10.1. The van der Waals surface area contributed by atoms with E-state index in [1.54, 1.807) is 23.5 Å². The first-order chi connectivity index (χ1) is 13.7. The smallest absolute Gasteiger partial charge is 0.257 e. The van der Waals surface area contributed by atoms with E-state index < -0.39 is 0 Å². The molecule has 0 unspecified atom stereocenters. The Kier molecular flexibility index (Phi) is 5.59. The van der Waals surface area contributed by atoms with Crippen LogP contribution in [-0.4, -0.2) is 34.2 Å². The Morgan fingerprint density at radius 3 is 2.82 bits per heavy atom. The largest absolute Gasteiger partial charge is 0.339 e. The fourth-order valence-corrected chi connectivity index (χ4v) is 4.14. The number of amides is 1. The van der Waals surface area contributed by atoms with Crippen molar-refractivity contribution in [2.45, 2.75) is 25.7 Å². The van der Waals surface area contributed by atoms with Gasteiger partial charge in [0.2, 0.25) is 0 Å². The second-order valence-corrected chi connectivity index (χ2v) is 7.87. The monoisotopic (exact) mass is 394 g/mol. The normalized spacial score (nSPS) is 14.6. The Bertz CT molecular complexity index is 949. The highest BCUT2D eigenvalue weighted by atomic mass is 32.1. The maximum Gasteiger partial charge on any atom is 0.257 e. The Morgan fingerprint density at radius 2 is 2.04 bits per heavy atom. The molecule has 0 bridgehead atoms. The molecule has 0 saturated carbocycles. The molecule has 7 nitrogen and oxygen atoms in total. The summed E-state index contributed by atoms with van der Waals surface area (Å²) in [5.74, 6) is 0.993. The van der Waals surface area contributed by atoms with Crippen LogP contribution in [0.15, 0.2) is 42.6 Å². The van der Waals surface area contributed by atoms with E-state index in [2.05, 4.69) is 31.1 Å². The molecule has 0 atom stereocenters. The predicted octanol–water partition coefficient (Wildman–Crippen LogP) is 3.70. The molecule has 4 rings (SSSR count). The molecule has 2 aromatic heterocycles. The van der Waals surface area contributed by atoms with Crippen molar-refractivity contribution in [1.82, 2.24) is 20.5 Å². The van der Waals surface area contributed by atoms with Crippen LogP contribution >= 0.6 is 11.3 Å². The van der Waals surface area contributed by atoms with Gasteiger partial charge in [-0.05, 0) is 69.1 Å². The average molecular weight is 395 g/mol. The highest BCUT2D eigenvalue weighted by molar-refractivity contribution is 7.15. The lowest BCUT2D eigenvalue weighted by atomic mass is 9.97. The summed E-state index contributed by atoms with van der Waals surface area (Å²) in [5.41, 5.74) is 2.19. The lowest BCUT2D eigenvalue weighted by Gasteiger charge is -2.20. The van der Waals surface area contributed by atoms with Gasteiger partial charge in [0.1, 0.15) is 0 Å². The van der Waals surface area contributed by atoms with Gasteiger partial charge in [-0.25, -0.2) is 4.98 Å². The highest BCUT2D eigenvalue weighted by Gasteiger charge is 2.18. The van der Waals surface area contributed by atoms with Crippen molar-refractivity contribution in [3.8, 4) is 0 Å². The number of nitrogens with zero attached hydrogens (tertiary/aromatic N) is 3. The number of piperidine rings is 1. The molecular weight excluding hydrogens is 372 g/mol. The minimum absolute atomic E-state index is 0.176. The van der Waals surface area contributed by atoms with E-state index in [-0.39, 0.29) is 5.91 Å².